The molecule has 2 aromatic rings. The quantitative estimate of drug-likeness (QED) is 0.866. The molecule has 0 atom stereocenters. The van der Waals surface area contributed by atoms with Crippen molar-refractivity contribution in [1.82, 2.24) is 10.2 Å². The Morgan fingerprint density at radius 1 is 1.35 bits per heavy atom. The van der Waals surface area contributed by atoms with E-state index < -0.39 is 17.5 Å². The zero-order valence-corrected chi connectivity index (χ0v) is 10.2. The molecule has 0 amide bonds. The van der Waals surface area contributed by atoms with Gasteiger partial charge < -0.3 is 9.15 Å². The summed E-state index contributed by atoms with van der Waals surface area (Å²) in [5.41, 5.74) is -1.12. The van der Waals surface area contributed by atoms with Crippen molar-refractivity contribution in [2.45, 2.75) is 19.7 Å². The highest BCUT2D eigenvalue weighted by atomic mass is 19.4. The summed E-state index contributed by atoms with van der Waals surface area (Å²) in [5, 5.41) is 15.8. The van der Waals surface area contributed by atoms with Gasteiger partial charge in [0.1, 0.15) is 5.75 Å². The lowest BCUT2D eigenvalue weighted by molar-refractivity contribution is -0.139. The maximum atomic E-state index is 12.9. The van der Waals surface area contributed by atoms with Gasteiger partial charge in [-0.3, -0.25) is 0 Å². The highest BCUT2D eigenvalue weighted by molar-refractivity contribution is 5.43. The minimum absolute atomic E-state index is 0.0694. The van der Waals surface area contributed by atoms with Gasteiger partial charge in [0.05, 0.1) is 17.2 Å². The van der Waals surface area contributed by atoms with E-state index in [1.165, 1.54) is 6.07 Å². The third-order valence-electron chi connectivity index (χ3n) is 2.33. The second-order valence-electron chi connectivity index (χ2n) is 3.82. The molecule has 2 rings (SSSR count). The molecule has 0 N–H and O–H groups in total. The number of rotatable bonds is 3. The lowest BCUT2D eigenvalue weighted by Crippen LogP contribution is -2.09. The van der Waals surface area contributed by atoms with E-state index in [2.05, 4.69) is 10.2 Å². The van der Waals surface area contributed by atoms with Crippen LogP contribution < -0.4 is 4.74 Å². The molecule has 0 saturated heterocycles. The highest BCUT2D eigenvalue weighted by Crippen LogP contribution is 2.37. The van der Waals surface area contributed by atoms with Crippen molar-refractivity contribution in [2.75, 3.05) is 0 Å². The second kappa shape index (κ2) is 5.21. The summed E-state index contributed by atoms with van der Waals surface area (Å²) >= 11 is 0. The third-order valence-corrected chi connectivity index (χ3v) is 2.33. The number of halogens is 3. The fourth-order valence-corrected chi connectivity index (χ4v) is 1.48. The summed E-state index contributed by atoms with van der Waals surface area (Å²) in [5.74, 6) is -0.0354. The van der Waals surface area contributed by atoms with Gasteiger partial charge in [0.2, 0.25) is 5.89 Å². The number of aromatic nitrogens is 2. The summed E-state index contributed by atoms with van der Waals surface area (Å²) in [6.07, 6.45) is -4.62. The number of aryl methyl sites for hydroxylation is 1. The summed E-state index contributed by atoms with van der Waals surface area (Å²) in [4.78, 5) is 0. The van der Waals surface area contributed by atoms with Crippen molar-refractivity contribution in [2.24, 2.45) is 0 Å². The zero-order chi connectivity index (χ0) is 14.8. The molecule has 0 spiro atoms. The Morgan fingerprint density at radius 3 is 2.65 bits per heavy atom. The van der Waals surface area contributed by atoms with Crippen molar-refractivity contribution < 1.29 is 22.3 Å². The first kappa shape index (κ1) is 13.9. The maximum absolute atomic E-state index is 12.9. The SMILES string of the molecule is Cc1nnc(COc2ccc(C#N)cc2C(F)(F)F)o1. The fraction of sp³-hybridized carbons (Fsp3) is 0.250. The van der Waals surface area contributed by atoms with Crippen LogP contribution in [0.15, 0.2) is 22.6 Å². The van der Waals surface area contributed by atoms with Crippen LogP contribution in [0.3, 0.4) is 0 Å². The first-order chi connectivity index (χ1) is 9.40. The van der Waals surface area contributed by atoms with Crippen LogP contribution in [0.2, 0.25) is 0 Å². The van der Waals surface area contributed by atoms with E-state index in [1.54, 1.807) is 13.0 Å². The van der Waals surface area contributed by atoms with Crippen LogP contribution in [-0.2, 0) is 12.8 Å². The van der Waals surface area contributed by atoms with E-state index in [9.17, 15) is 13.2 Å². The summed E-state index contributed by atoms with van der Waals surface area (Å²) in [6.45, 7) is 1.27. The van der Waals surface area contributed by atoms with Crippen LogP contribution in [-0.4, -0.2) is 10.2 Å². The fourth-order valence-electron chi connectivity index (χ4n) is 1.48. The second-order valence-corrected chi connectivity index (χ2v) is 3.82. The molecule has 0 fully saturated rings. The average molecular weight is 283 g/mol. The molecule has 0 aliphatic carbocycles. The number of nitrogens with zero attached hydrogens (tertiary/aromatic N) is 3. The van der Waals surface area contributed by atoms with Gasteiger partial charge in [0, 0.05) is 6.92 Å². The van der Waals surface area contributed by atoms with Gasteiger partial charge in [-0.05, 0) is 18.2 Å². The van der Waals surface area contributed by atoms with Crippen LogP contribution in [0.4, 0.5) is 13.2 Å². The Bertz CT molecular complexity index is 659. The van der Waals surface area contributed by atoms with E-state index in [0.717, 1.165) is 12.1 Å². The van der Waals surface area contributed by atoms with Gasteiger partial charge in [0.25, 0.3) is 5.89 Å². The number of ether oxygens (including phenoxy) is 1. The molecular weight excluding hydrogens is 275 g/mol. The lowest BCUT2D eigenvalue weighted by atomic mass is 10.1. The predicted octanol–water partition coefficient (Wildman–Crippen LogP) is 2.85. The van der Waals surface area contributed by atoms with Gasteiger partial charge >= 0.3 is 6.18 Å². The van der Waals surface area contributed by atoms with E-state index in [-0.39, 0.29) is 18.1 Å². The Labute approximate surface area is 111 Å². The van der Waals surface area contributed by atoms with Crippen LogP contribution in [0.25, 0.3) is 0 Å². The van der Waals surface area contributed by atoms with Crippen molar-refractivity contribution in [3.05, 3.63) is 41.1 Å². The summed E-state index contributed by atoms with van der Waals surface area (Å²) in [7, 11) is 0. The first-order valence-corrected chi connectivity index (χ1v) is 5.43. The normalized spacial score (nSPS) is 11.2. The smallest absolute Gasteiger partial charge is 0.420 e. The van der Waals surface area contributed by atoms with Crippen LogP contribution >= 0.6 is 0 Å². The molecule has 0 aliphatic rings. The molecule has 1 aromatic carbocycles. The number of nitriles is 1. The number of hydrogen-bond donors (Lipinski definition) is 0. The van der Waals surface area contributed by atoms with Gasteiger partial charge in [-0.1, -0.05) is 0 Å². The van der Waals surface area contributed by atoms with E-state index >= 15 is 0 Å². The molecule has 1 heterocycles. The summed E-state index contributed by atoms with van der Waals surface area (Å²) in [6, 6.07) is 4.71. The monoisotopic (exact) mass is 283 g/mol. The molecule has 8 heteroatoms. The van der Waals surface area contributed by atoms with Gasteiger partial charge in [-0.25, -0.2) is 0 Å². The average Bonchev–Trinajstić information content (AvgIpc) is 2.81. The molecule has 0 saturated carbocycles. The lowest BCUT2D eigenvalue weighted by Gasteiger charge is -2.13. The highest BCUT2D eigenvalue weighted by Gasteiger charge is 2.34. The van der Waals surface area contributed by atoms with Crippen molar-refractivity contribution >= 4 is 0 Å². The topological polar surface area (TPSA) is 71.9 Å². The molecule has 0 radical (unpaired) electrons. The predicted molar refractivity (Wildman–Crippen MR) is 59.5 cm³/mol. The zero-order valence-electron chi connectivity index (χ0n) is 10.2. The Kier molecular flexibility index (Phi) is 3.61. The number of benzene rings is 1. The first-order valence-electron chi connectivity index (χ1n) is 5.43. The van der Waals surface area contributed by atoms with Crippen LogP contribution in [0.1, 0.15) is 22.9 Å². The molecule has 0 unspecified atom stereocenters. The Balaban J connectivity index is 2.25. The largest absolute Gasteiger partial charge is 0.483 e. The van der Waals surface area contributed by atoms with E-state index in [1.807, 2.05) is 0 Å². The van der Waals surface area contributed by atoms with Crippen LogP contribution in [0, 0.1) is 18.3 Å². The molecule has 0 aliphatic heterocycles. The molecule has 20 heavy (non-hydrogen) atoms. The Morgan fingerprint density at radius 2 is 2.10 bits per heavy atom. The van der Waals surface area contributed by atoms with Gasteiger partial charge in [-0.15, -0.1) is 10.2 Å². The van der Waals surface area contributed by atoms with E-state index in [0.29, 0.717) is 5.89 Å². The van der Waals surface area contributed by atoms with E-state index in [4.69, 9.17) is 14.4 Å². The third kappa shape index (κ3) is 3.06. The molecule has 1 aromatic heterocycles. The maximum Gasteiger partial charge on any atom is 0.420 e. The Hall–Kier alpha value is -2.56. The standard InChI is InChI=1S/C12H8F3N3O2/c1-7-17-18-11(20-7)6-19-10-3-2-8(5-16)4-9(10)12(13,14)15/h2-4H,6H2,1H3. The molecule has 104 valence electrons. The van der Waals surface area contributed by atoms with Crippen molar-refractivity contribution in [3.63, 3.8) is 0 Å². The number of hydrogen-bond acceptors (Lipinski definition) is 5. The summed E-state index contributed by atoms with van der Waals surface area (Å²) < 4.78 is 48.6. The van der Waals surface area contributed by atoms with Gasteiger partial charge in [0.15, 0.2) is 6.61 Å². The number of alkyl halides is 3. The molecule has 0 bridgehead atoms. The minimum Gasteiger partial charge on any atom is -0.483 e. The van der Waals surface area contributed by atoms with Crippen molar-refractivity contribution in [3.8, 4) is 11.8 Å². The molecule has 5 nitrogen and oxygen atoms in total. The molecular formula is C12H8F3N3O2. The van der Waals surface area contributed by atoms with Crippen LogP contribution in [0.5, 0.6) is 5.75 Å². The van der Waals surface area contributed by atoms with Crippen molar-refractivity contribution in [1.29, 1.82) is 5.26 Å². The van der Waals surface area contributed by atoms with Gasteiger partial charge in [-0.2, -0.15) is 18.4 Å². The minimum atomic E-state index is -4.62.